The molecule has 1 aromatic heterocycles. The Bertz CT molecular complexity index is 603. The number of hydrogen-bond donors (Lipinski definition) is 1. The Balaban J connectivity index is 2.00. The average Bonchev–Trinajstić information content (AvgIpc) is 3.13. The van der Waals surface area contributed by atoms with Crippen LogP contribution >= 0.6 is 0 Å². The van der Waals surface area contributed by atoms with Crippen molar-refractivity contribution in [1.82, 2.24) is 4.90 Å². The highest BCUT2D eigenvalue weighted by molar-refractivity contribution is 5.74. The molecule has 2 heterocycles. The molecule has 0 saturated carbocycles. The number of hydrogen-bond acceptors (Lipinski definition) is 3. The highest BCUT2D eigenvalue weighted by Gasteiger charge is 2.37. The average molecular weight is 285 g/mol. The summed E-state index contributed by atoms with van der Waals surface area (Å²) in [6, 6.07) is 11.4. The van der Waals surface area contributed by atoms with Crippen LogP contribution in [-0.2, 0) is 4.79 Å². The van der Waals surface area contributed by atoms with Crippen LogP contribution in [0.2, 0.25) is 0 Å². The standard InChI is InChI=1S/C17H19NO3/c1-12-6-8-13(9-7-12)16(15-5-3-11-21-15)18-10-2-4-14(18)17(19)20/h3,5-9,11,14,16H,2,4,10H2,1H3,(H,19,20). The number of likely N-dealkylation sites (tertiary alicyclic amines) is 1. The number of carboxylic acid groups (broad SMARTS) is 1. The van der Waals surface area contributed by atoms with Crippen LogP contribution in [0.25, 0.3) is 0 Å². The third-order valence-electron chi connectivity index (χ3n) is 4.12. The van der Waals surface area contributed by atoms with Crippen LogP contribution < -0.4 is 0 Å². The van der Waals surface area contributed by atoms with E-state index in [1.807, 2.05) is 24.0 Å². The lowest BCUT2D eigenvalue weighted by Gasteiger charge is -2.30. The number of benzene rings is 1. The fourth-order valence-corrected chi connectivity index (χ4v) is 3.08. The van der Waals surface area contributed by atoms with E-state index in [9.17, 15) is 9.90 Å². The molecule has 1 aliphatic rings. The molecule has 0 bridgehead atoms. The summed E-state index contributed by atoms with van der Waals surface area (Å²) in [7, 11) is 0. The van der Waals surface area contributed by atoms with E-state index in [0.717, 1.165) is 24.3 Å². The SMILES string of the molecule is Cc1ccc(C(c2ccco2)N2CCCC2C(=O)O)cc1. The Labute approximate surface area is 124 Å². The van der Waals surface area contributed by atoms with Gasteiger partial charge in [-0.15, -0.1) is 0 Å². The summed E-state index contributed by atoms with van der Waals surface area (Å²) in [5.74, 6) is 0.0446. The Morgan fingerprint density at radius 2 is 2.10 bits per heavy atom. The van der Waals surface area contributed by atoms with Crippen molar-refractivity contribution in [3.8, 4) is 0 Å². The van der Waals surface area contributed by atoms with E-state index < -0.39 is 12.0 Å². The molecular formula is C17H19NO3. The maximum atomic E-state index is 11.5. The van der Waals surface area contributed by atoms with Crippen molar-refractivity contribution in [2.45, 2.75) is 31.8 Å². The summed E-state index contributed by atoms with van der Waals surface area (Å²) in [6.45, 7) is 2.82. The topological polar surface area (TPSA) is 53.7 Å². The van der Waals surface area contributed by atoms with E-state index in [0.29, 0.717) is 6.42 Å². The van der Waals surface area contributed by atoms with Gasteiger partial charge in [-0.05, 0) is 37.5 Å². The monoisotopic (exact) mass is 285 g/mol. The minimum atomic E-state index is -0.754. The molecule has 2 aromatic rings. The zero-order chi connectivity index (χ0) is 14.8. The first-order valence-corrected chi connectivity index (χ1v) is 7.25. The van der Waals surface area contributed by atoms with Crippen molar-refractivity contribution in [2.24, 2.45) is 0 Å². The van der Waals surface area contributed by atoms with E-state index in [1.54, 1.807) is 6.26 Å². The smallest absolute Gasteiger partial charge is 0.320 e. The Hall–Kier alpha value is -2.07. The van der Waals surface area contributed by atoms with E-state index >= 15 is 0 Å². The first-order valence-electron chi connectivity index (χ1n) is 7.25. The normalized spacial score (nSPS) is 20.5. The minimum Gasteiger partial charge on any atom is -0.480 e. The van der Waals surface area contributed by atoms with Gasteiger partial charge in [-0.2, -0.15) is 0 Å². The maximum absolute atomic E-state index is 11.5. The largest absolute Gasteiger partial charge is 0.480 e. The summed E-state index contributed by atoms with van der Waals surface area (Å²) in [4.78, 5) is 13.5. The molecular weight excluding hydrogens is 266 g/mol. The Morgan fingerprint density at radius 1 is 1.33 bits per heavy atom. The summed E-state index contributed by atoms with van der Waals surface area (Å²) in [5, 5.41) is 9.45. The summed E-state index contributed by atoms with van der Waals surface area (Å²) < 4.78 is 5.59. The van der Waals surface area contributed by atoms with Gasteiger partial charge in [-0.1, -0.05) is 29.8 Å². The van der Waals surface area contributed by atoms with Gasteiger partial charge in [0, 0.05) is 6.54 Å². The van der Waals surface area contributed by atoms with Crippen LogP contribution in [-0.4, -0.2) is 28.6 Å². The van der Waals surface area contributed by atoms with Crippen LogP contribution in [0.4, 0.5) is 0 Å². The highest BCUT2D eigenvalue weighted by atomic mass is 16.4. The zero-order valence-electron chi connectivity index (χ0n) is 12.0. The third kappa shape index (κ3) is 2.72. The van der Waals surface area contributed by atoms with Crippen LogP contribution in [0, 0.1) is 6.92 Å². The maximum Gasteiger partial charge on any atom is 0.320 e. The van der Waals surface area contributed by atoms with Crippen molar-refractivity contribution in [3.05, 3.63) is 59.5 Å². The van der Waals surface area contributed by atoms with Crippen LogP contribution in [0.5, 0.6) is 0 Å². The van der Waals surface area contributed by atoms with E-state index in [4.69, 9.17) is 4.42 Å². The number of nitrogens with zero attached hydrogens (tertiary/aromatic N) is 1. The van der Waals surface area contributed by atoms with E-state index in [-0.39, 0.29) is 6.04 Å². The molecule has 2 atom stereocenters. The van der Waals surface area contributed by atoms with Gasteiger partial charge in [-0.25, -0.2) is 0 Å². The number of furan rings is 1. The lowest BCUT2D eigenvalue weighted by atomic mass is 10.0. The molecule has 1 N–H and O–H groups in total. The first kappa shape index (κ1) is 13.9. The molecule has 1 saturated heterocycles. The molecule has 4 heteroatoms. The molecule has 0 aliphatic carbocycles. The van der Waals surface area contributed by atoms with Gasteiger partial charge in [0.1, 0.15) is 11.8 Å². The second-order valence-electron chi connectivity index (χ2n) is 5.56. The van der Waals surface area contributed by atoms with Crippen molar-refractivity contribution < 1.29 is 14.3 Å². The molecule has 2 unspecified atom stereocenters. The molecule has 0 radical (unpaired) electrons. The predicted molar refractivity (Wildman–Crippen MR) is 79.1 cm³/mol. The van der Waals surface area contributed by atoms with Gasteiger partial charge < -0.3 is 9.52 Å². The lowest BCUT2D eigenvalue weighted by molar-refractivity contribution is -0.142. The van der Waals surface area contributed by atoms with Crippen molar-refractivity contribution in [2.75, 3.05) is 6.54 Å². The Kier molecular flexibility index (Phi) is 3.80. The number of carbonyl (C=O) groups is 1. The first-order chi connectivity index (χ1) is 10.2. The number of aryl methyl sites for hydroxylation is 1. The molecule has 110 valence electrons. The fraction of sp³-hybridized carbons (Fsp3) is 0.353. The molecule has 21 heavy (non-hydrogen) atoms. The highest BCUT2D eigenvalue weighted by Crippen LogP contribution is 2.35. The molecule has 0 amide bonds. The van der Waals surface area contributed by atoms with Gasteiger partial charge in [0.25, 0.3) is 0 Å². The third-order valence-corrected chi connectivity index (χ3v) is 4.12. The number of rotatable bonds is 4. The van der Waals surface area contributed by atoms with Gasteiger partial charge in [0.2, 0.25) is 0 Å². The molecule has 1 aromatic carbocycles. The quantitative estimate of drug-likeness (QED) is 0.937. The van der Waals surface area contributed by atoms with Gasteiger partial charge in [0.15, 0.2) is 0 Å². The molecule has 0 spiro atoms. The summed E-state index contributed by atoms with van der Waals surface area (Å²) in [5.41, 5.74) is 2.26. The van der Waals surface area contributed by atoms with Crippen molar-refractivity contribution >= 4 is 5.97 Å². The molecule has 3 rings (SSSR count). The summed E-state index contributed by atoms with van der Waals surface area (Å²) in [6.07, 6.45) is 3.24. The van der Waals surface area contributed by atoms with E-state index in [1.165, 1.54) is 5.56 Å². The fourth-order valence-electron chi connectivity index (χ4n) is 3.08. The lowest BCUT2D eigenvalue weighted by Crippen LogP contribution is -2.39. The summed E-state index contributed by atoms with van der Waals surface area (Å²) >= 11 is 0. The number of aliphatic carboxylic acids is 1. The number of carboxylic acids is 1. The van der Waals surface area contributed by atoms with Crippen molar-refractivity contribution in [3.63, 3.8) is 0 Å². The molecule has 4 nitrogen and oxygen atoms in total. The molecule has 1 aliphatic heterocycles. The van der Waals surface area contributed by atoms with Gasteiger partial charge in [-0.3, -0.25) is 9.69 Å². The molecule has 1 fully saturated rings. The second kappa shape index (κ2) is 5.74. The minimum absolute atomic E-state index is 0.135. The van der Waals surface area contributed by atoms with Crippen LogP contribution in [0.1, 0.15) is 35.8 Å². The Morgan fingerprint density at radius 3 is 2.71 bits per heavy atom. The van der Waals surface area contributed by atoms with E-state index in [2.05, 4.69) is 24.3 Å². The second-order valence-corrected chi connectivity index (χ2v) is 5.56. The zero-order valence-corrected chi connectivity index (χ0v) is 12.0. The van der Waals surface area contributed by atoms with Gasteiger partial charge >= 0.3 is 5.97 Å². The predicted octanol–water partition coefficient (Wildman–Crippen LogP) is 3.23. The van der Waals surface area contributed by atoms with Crippen molar-refractivity contribution in [1.29, 1.82) is 0 Å². The van der Waals surface area contributed by atoms with Crippen LogP contribution in [0.15, 0.2) is 47.1 Å². The van der Waals surface area contributed by atoms with Crippen LogP contribution in [0.3, 0.4) is 0 Å². The van der Waals surface area contributed by atoms with Gasteiger partial charge in [0.05, 0.1) is 12.3 Å².